The monoisotopic (exact) mass is 291 g/mol. The summed E-state index contributed by atoms with van der Waals surface area (Å²) < 4.78 is 18.1. The van der Waals surface area contributed by atoms with Gasteiger partial charge in [0.15, 0.2) is 6.39 Å². The van der Waals surface area contributed by atoms with E-state index in [1.54, 1.807) is 18.4 Å². The van der Waals surface area contributed by atoms with Crippen molar-refractivity contribution < 1.29 is 8.81 Å². The van der Waals surface area contributed by atoms with Gasteiger partial charge in [-0.05, 0) is 36.4 Å². The van der Waals surface area contributed by atoms with Gasteiger partial charge in [0.2, 0.25) is 0 Å². The second kappa shape index (κ2) is 5.04. The molecule has 4 nitrogen and oxygen atoms in total. The average Bonchev–Trinajstić information content (AvgIpc) is 3.09. The Morgan fingerprint density at radius 1 is 0.864 bits per heavy atom. The van der Waals surface area contributed by atoms with Gasteiger partial charge in [0.1, 0.15) is 24.1 Å². The Morgan fingerprint density at radius 2 is 1.68 bits per heavy atom. The van der Waals surface area contributed by atoms with Crippen molar-refractivity contribution in [3.8, 4) is 22.5 Å². The van der Waals surface area contributed by atoms with Gasteiger partial charge in [0, 0.05) is 16.5 Å². The lowest BCUT2D eigenvalue weighted by Crippen LogP contribution is -1.90. The first-order valence-electron chi connectivity index (χ1n) is 6.70. The Labute approximate surface area is 125 Å². The van der Waals surface area contributed by atoms with Crippen LogP contribution in [0.3, 0.4) is 0 Å². The predicted molar refractivity (Wildman–Crippen MR) is 80.4 cm³/mol. The molecule has 2 aromatic carbocycles. The van der Waals surface area contributed by atoms with E-state index >= 15 is 0 Å². The highest BCUT2D eigenvalue weighted by Crippen LogP contribution is 2.28. The van der Waals surface area contributed by atoms with Gasteiger partial charge >= 0.3 is 0 Å². The maximum absolute atomic E-state index is 13.1. The molecule has 0 saturated carbocycles. The lowest BCUT2D eigenvalue weighted by molar-refractivity contribution is 0.558. The van der Waals surface area contributed by atoms with Gasteiger partial charge in [-0.1, -0.05) is 6.07 Å². The topological polar surface area (TPSA) is 51.8 Å². The third kappa shape index (κ3) is 2.13. The number of aromatic nitrogens is 3. The Morgan fingerprint density at radius 3 is 2.45 bits per heavy atom. The second-order valence-corrected chi connectivity index (χ2v) is 4.83. The van der Waals surface area contributed by atoms with Gasteiger partial charge in [0.25, 0.3) is 0 Å². The molecule has 0 N–H and O–H groups in total. The standard InChI is InChI=1S/C17H10FN3O/c18-13-4-1-11(2-5-13)17-14-6-3-12(16-8-22-10-21-16)7-15(14)19-9-20-17/h1-10H. The van der Waals surface area contributed by atoms with Gasteiger partial charge < -0.3 is 4.42 Å². The molecule has 0 fully saturated rings. The van der Waals surface area contributed by atoms with Crippen LogP contribution < -0.4 is 0 Å². The normalized spacial score (nSPS) is 11.0. The molecule has 22 heavy (non-hydrogen) atoms. The van der Waals surface area contributed by atoms with Gasteiger partial charge in [0.05, 0.1) is 11.2 Å². The molecule has 0 radical (unpaired) electrons. The summed E-state index contributed by atoms with van der Waals surface area (Å²) >= 11 is 0. The zero-order valence-electron chi connectivity index (χ0n) is 11.4. The number of hydrogen-bond acceptors (Lipinski definition) is 4. The number of fused-ring (bicyclic) bond motifs is 1. The number of rotatable bonds is 2. The van der Waals surface area contributed by atoms with E-state index in [0.29, 0.717) is 0 Å². The fraction of sp³-hybridized carbons (Fsp3) is 0. The Hall–Kier alpha value is -3.08. The van der Waals surface area contributed by atoms with E-state index in [4.69, 9.17) is 4.42 Å². The van der Waals surface area contributed by atoms with Crippen LogP contribution in [0.5, 0.6) is 0 Å². The van der Waals surface area contributed by atoms with Crippen LogP contribution in [0, 0.1) is 5.82 Å². The highest BCUT2D eigenvalue weighted by atomic mass is 19.1. The van der Waals surface area contributed by atoms with Gasteiger partial charge in [-0.3, -0.25) is 0 Å². The first kappa shape index (κ1) is 12.6. The van der Waals surface area contributed by atoms with Crippen molar-refractivity contribution in [3.63, 3.8) is 0 Å². The van der Waals surface area contributed by atoms with Crippen molar-refractivity contribution in [1.82, 2.24) is 15.0 Å². The second-order valence-electron chi connectivity index (χ2n) is 4.83. The number of nitrogens with zero attached hydrogens (tertiary/aromatic N) is 3. The minimum Gasteiger partial charge on any atom is -0.451 e. The predicted octanol–water partition coefficient (Wildman–Crippen LogP) is 4.09. The van der Waals surface area contributed by atoms with Crippen LogP contribution in [0.1, 0.15) is 0 Å². The minimum atomic E-state index is -0.268. The molecule has 106 valence electrons. The van der Waals surface area contributed by atoms with E-state index in [9.17, 15) is 4.39 Å². The molecule has 0 atom stereocenters. The molecule has 0 unspecified atom stereocenters. The van der Waals surface area contributed by atoms with E-state index in [1.165, 1.54) is 24.9 Å². The summed E-state index contributed by atoms with van der Waals surface area (Å²) in [6, 6.07) is 12.1. The Bertz CT molecular complexity index is 934. The summed E-state index contributed by atoms with van der Waals surface area (Å²) in [7, 11) is 0. The van der Waals surface area contributed by atoms with Crippen LogP contribution in [0.15, 0.2) is 65.9 Å². The SMILES string of the molecule is Fc1ccc(-c2ncnc3cc(-c4cocn4)ccc23)cc1. The third-order valence-corrected chi connectivity index (χ3v) is 3.48. The number of halogens is 1. The quantitative estimate of drug-likeness (QED) is 0.558. The maximum Gasteiger partial charge on any atom is 0.181 e. The molecule has 0 spiro atoms. The van der Waals surface area contributed by atoms with Crippen LogP contribution in [0.4, 0.5) is 4.39 Å². The van der Waals surface area contributed by atoms with Gasteiger partial charge in [-0.25, -0.2) is 19.3 Å². The summed E-state index contributed by atoms with van der Waals surface area (Å²) in [6.07, 6.45) is 4.49. The van der Waals surface area contributed by atoms with Gasteiger partial charge in [-0.15, -0.1) is 0 Å². The molecular formula is C17H10FN3O. The van der Waals surface area contributed by atoms with Crippen molar-refractivity contribution in [2.75, 3.05) is 0 Å². The van der Waals surface area contributed by atoms with Crippen LogP contribution in [-0.2, 0) is 0 Å². The molecular weight excluding hydrogens is 281 g/mol. The van der Waals surface area contributed by atoms with E-state index in [0.717, 1.165) is 33.4 Å². The molecule has 4 aromatic rings. The molecule has 2 aromatic heterocycles. The van der Waals surface area contributed by atoms with E-state index in [-0.39, 0.29) is 5.82 Å². The molecule has 0 aliphatic heterocycles. The smallest absolute Gasteiger partial charge is 0.181 e. The third-order valence-electron chi connectivity index (χ3n) is 3.48. The molecule has 0 amide bonds. The molecule has 0 bridgehead atoms. The number of benzene rings is 2. The summed E-state index contributed by atoms with van der Waals surface area (Å²) in [6.45, 7) is 0. The average molecular weight is 291 g/mol. The molecule has 5 heteroatoms. The number of hydrogen-bond donors (Lipinski definition) is 0. The zero-order valence-corrected chi connectivity index (χ0v) is 11.4. The highest BCUT2D eigenvalue weighted by molar-refractivity contribution is 5.94. The Kier molecular flexibility index (Phi) is 2.89. The van der Waals surface area contributed by atoms with Crippen molar-refractivity contribution in [1.29, 1.82) is 0 Å². The van der Waals surface area contributed by atoms with Crippen LogP contribution in [-0.4, -0.2) is 15.0 Å². The summed E-state index contributed by atoms with van der Waals surface area (Å²) in [5.41, 5.74) is 4.10. The highest BCUT2D eigenvalue weighted by Gasteiger charge is 2.09. The van der Waals surface area contributed by atoms with Gasteiger partial charge in [-0.2, -0.15) is 0 Å². The summed E-state index contributed by atoms with van der Waals surface area (Å²) in [5, 5.41) is 0.904. The van der Waals surface area contributed by atoms with E-state index in [2.05, 4.69) is 15.0 Å². The fourth-order valence-electron chi connectivity index (χ4n) is 2.41. The lowest BCUT2D eigenvalue weighted by atomic mass is 10.0. The number of oxazole rings is 1. The molecule has 0 saturated heterocycles. The van der Waals surface area contributed by atoms with Crippen LogP contribution in [0.2, 0.25) is 0 Å². The summed E-state index contributed by atoms with van der Waals surface area (Å²) in [5.74, 6) is -0.268. The minimum absolute atomic E-state index is 0.268. The van der Waals surface area contributed by atoms with Crippen molar-refractivity contribution in [2.45, 2.75) is 0 Å². The molecule has 2 heterocycles. The van der Waals surface area contributed by atoms with E-state index in [1.807, 2.05) is 18.2 Å². The molecule has 4 rings (SSSR count). The van der Waals surface area contributed by atoms with Crippen molar-refractivity contribution >= 4 is 10.9 Å². The molecule has 0 aliphatic rings. The Balaban J connectivity index is 1.89. The van der Waals surface area contributed by atoms with Crippen LogP contribution >= 0.6 is 0 Å². The van der Waals surface area contributed by atoms with Crippen molar-refractivity contribution in [3.05, 3.63) is 67.3 Å². The zero-order chi connectivity index (χ0) is 14.9. The first-order chi connectivity index (χ1) is 10.8. The van der Waals surface area contributed by atoms with E-state index < -0.39 is 0 Å². The maximum atomic E-state index is 13.1. The lowest BCUT2D eigenvalue weighted by Gasteiger charge is -2.06. The van der Waals surface area contributed by atoms with Crippen molar-refractivity contribution in [2.24, 2.45) is 0 Å². The van der Waals surface area contributed by atoms with Crippen LogP contribution in [0.25, 0.3) is 33.4 Å². The first-order valence-corrected chi connectivity index (χ1v) is 6.70. The fourth-order valence-corrected chi connectivity index (χ4v) is 2.41. The molecule has 0 aliphatic carbocycles. The summed E-state index contributed by atoms with van der Waals surface area (Å²) in [4.78, 5) is 12.8. The largest absolute Gasteiger partial charge is 0.451 e.